The van der Waals surface area contributed by atoms with Crippen LogP contribution >= 0.6 is 0 Å². The van der Waals surface area contributed by atoms with Crippen LogP contribution in [0.15, 0.2) is 24.3 Å². The fraction of sp³-hybridized carbons (Fsp3) is 0.652. The van der Waals surface area contributed by atoms with Crippen molar-refractivity contribution in [2.75, 3.05) is 11.4 Å². The van der Waals surface area contributed by atoms with Crippen LogP contribution < -0.4 is 10.2 Å². The van der Waals surface area contributed by atoms with Crippen LogP contribution in [0.1, 0.15) is 60.3 Å². The zero-order chi connectivity index (χ0) is 23.3. The minimum atomic E-state index is -1.65. The minimum absolute atomic E-state index is 0.0232. The van der Waals surface area contributed by atoms with Crippen molar-refractivity contribution < 1.29 is 24.0 Å². The Morgan fingerprint density at radius 1 is 1.23 bits per heavy atom. The average molecular weight is 434 g/mol. The second-order valence-electron chi connectivity index (χ2n) is 10.3. The van der Waals surface area contributed by atoms with Gasteiger partial charge < -0.3 is 20.3 Å². The number of halogens is 1. The van der Waals surface area contributed by atoms with Crippen LogP contribution in [0.5, 0.6) is 0 Å². The molecule has 0 spiro atoms. The van der Waals surface area contributed by atoms with Gasteiger partial charge in [-0.15, -0.1) is 0 Å². The maximum absolute atomic E-state index is 13.2. The second-order valence-corrected chi connectivity index (χ2v) is 10.3. The molecule has 31 heavy (non-hydrogen) atoms. The smallest absolute Gasteiger partial charge is 0.426 e. The third kappa shape index (κ3) is 7.61. The van der Waals surface area contributed by atoms with Gasteiger partial charge in [0.05, 0.1) is 12.0 Å². The standard InChI is InChI=1S/C23H36BFN2O4/c1-15(2)12-21(24(30)31)26-22(29)16(14-23(3,4)5)13-20(28)19-10-11-27(19)18-8-6-17(25)7-9-18/h6-9,15-16,19,21,30-31H,10-14H2,1-5H3,(H,26,29)/t16-,19-,21+/m0/s1. The molecule has 0 aliphatic carbocycles. The van der Waals surface area contributed by atoms with Gasteiger partial charge in [0.1, 0.15) is 5.82 Å². The first-order valence-electron chi connectivity index (χ1n) is 11.1. The Hall–Kier alpha value is -1.93. The number of Topliss-reactive ketones (excluding diaryl/α,β-unsaturated/α-hetero) is 1. The van der Waals surface area contributed by atoms with Gasteiger partial charge in [-0.25, -0.2) is 4.39 Å². The molecule has 0 aromatic heterocycles. The number of nitrogens with zero attached hydrogens (tertiary/aromatic N) is 1. The minimum Gasteiger partial charge on any atom is -0.426 e. The summed E-state index contributed by atoms with van der Waals surface area (Å²) in [5, 5.41) is 22.1. The van der Waals surface area contributed by atoms with Crippen LogP contribution in [0.4, 0.5) is 10.1 Å². The summed E-state index contributed by atoms with van der Waals surface area (Å²) in [7, 11) is -1.65. The molecule has 172 valence electrons. The van der Waals surface area contributed by atoms with Gasteiger partial charge in [-0.05, 0) is 54.9 Å². The van der Waals surface area contributed by atoms with Crippen LogP contribution in [0.3, 0.4) is 0 Å². The summed E-state index contributed by atoms with van der Waals surface area (Å²) in [4.78, 5) is 28.0. The second kappa shape index (κ2) is 10.6. The number of ketones is 1. The number of benzene rings is 1. The number of carbonyl (C=O) groups is 2. The number of carbonyl (C=O) groups excluding carboxylic acids is 2. The SMILES string of the molecule is CC(C)C[C@@H](NC(=O)[C@@H](CC(=O)[C@@H]1CCN1c1ccc(F)cc1)CC(C)(C)C)B(O)O. The van der Waals surface area contributed by atoms with Crippen molar-refractivity contribution >= 4 is 24.5 Å². The van der Waals surface area contributed by atoms with Gasteiger partial charge in [-0.3, -0.25) is 9.59 Å². The molecular weight excluding hydrogens is 398 g/mol. The first kappa shape index (κ1) is 25.3. The molecule has 2 rings (SSSR count). The zero-order valence-corrected chi connectivity index (χ0v) is 19.3. The molecule has 1 saturated heterocycles. The number of nitrogens with one attached hydrogen (secondary N) is 1. The van der Waals surface area contributed by atoms with E-state index in [-0.39, 0.29) is 41.3 Å². The molecule has 0 radical (unpaired) electrons. The predicted octanol–water partition coefficient (Wildman–Crippen LogP) is 2.96. The molecule has 0 bridgehead atoms. The van der Waals surface area contributed by atoms with Crippen LogP contribution in [0.25, 0.3) is 0 Å². The van der Waals surface area contributed by atoms with Crippen molar-refractivity contribution in [2.24, 2.45) is 17.3 Å². The molecular formula is C23H36BFN2O4. The third-order valence-electron chi connectivity index (χ3n) is 5.64. The fourth-order valence-corrected chi connectivity index (χ4v) is 4.10. The quantitative estimate of drug-likeness (QED) is 0.493. The third-order valence-corrected chi connectivity index (χ3v) is 5.64. The van der Waals surface area contributed by atoms with E-state index in [2.05, 4.69) is 5.32 Å². The summed E-state index contributed by atoms with van der Waals surface area (Å²) in [6.45, 7) is 10.6. The van der Waals surface area contributed by atoms with Crippen LogP contribution in [0, 0.1) is 23.1 Å². The van der Waals surface area contributed by atoms with Crippen molar-refractivity contribution in [3.63, 3.8) is 0 Å². The van der Waals surface area contributed by atoms with E-state index in [0.29, 0.717) is 25.8 Å². The molecule has 1 aliphatic heterocycles. The van der Waals surface area contributed by atoms with E-state index < -0.39 is 19.0 Å². The Labute approximate surface area is 185 Å². The van der Waals surface area contributed by atoms with Gasteiger partial charge in [0.25, 0.3) is 0 Å². The van der Waals surface area contributed by atoms with Crippen LogP contribution in [0.2, 0.25) is 0 Å². The summed E-state index contributed by atoms with van der Waals surface area (Å²) >= 11 is 0. The van der Waals surface area contributed by atoms with E-state index in [1.165, 1.54) is 12.1 Å². The summed E-state index contributed by atoms with van der Waals surface area (Å²) < 4.78 is 13.2. The maximum atomic E-state index is 13.2. The monoisotopic (exact) mass is 434 g/mol. The highest BCUT2D eigenvalue weighted by molar-refractivity contribution is 6.43. The number of hydrogen-bond donors (Lipinski definition) is 3. The van der Waals surface area contributed by atoms with Gasteiger partial charge in [0.15, 0.2) is 5.78 Å². The van der Waals surface area contributed by atoms with Crippen molar-refractivity contribution in [2.45, 2.75) is 72.3 Å². The van der Waals surface area contributed by atoms with Crippen LogP contribution in [-0.2, 0) is 9.59 Å². The normalized spacial score (nSPS) is 18.4. The Kier molecular flexibility index (Phi) is 8.66. The molecule has 0 unspecified atom stereocenters. The summed E-state index contributed by atoms with van der Waals surface area (Å²) in [6.07, 6.45) is 1.72. The number of amides is 1. The van der Waals surface area contributed by atoms with Crippen molar-refractivity contribution in [3.8, 4) is 0 Å². The van der Waals surface area contributed by atoms with Crippen molar-refractivity contribution in [1.82, 2.24) is 5.32 Å². The molecule has 1 aliphatic rings. The largest absolute Gasteiger partial charge is 0.475 e. The van der Waals surface area contributed by atoms with Crippen molar-refractivity contribution in [3.05, 3.63) is 30.1 Å². The Bertz CT molecular complexity index is 749. The Morgan fingerprint density at radius 2 is 1.84 bits per heavy atom. The average Bonchev–Trinajstić information content (AvgIpc) is 2.59. The Morgan fingerprint density at radius 3 is 2.29 bits per heavy atom. The highest BCUT2D eigenvalue weighted by Crippen LogP contribution is 2.32. The van der Waals surface area contributed by atoms with Crippen molar-refractivity contribution in [1.29, 1.82) is 0 Å². The highest BCUT2D eigenvalue weighted by atomic mass is 19.1. The fourth-order valence-electron chi connectivity index (χ4n) is 4.10. The predicted molar refractivity (Wildman–Crippen MR) is 121 cm³/mol. The van der Waals surface area contributed by atoms with E-state index in [1.54, 1.807) is 12.1 Å². The van der Waals surface area contributed by atoms with E-state index in [4.69, 9.17) is 0 Å². The number of hydrogen-bond acceptors (Lipinski definition) is 5. The highest BCUT2D eigenvalue weighted by Gasteiger charge is 2.38. The molecule has 1 aromatic rings. The molecule has 1 amide bonds. The molecule has 8 heteroatoms. The topological polar surface area (TPSA) is 89.9 Å². The Balaban J connectivity index is 2.09. The van der Waals surface area contributed by atoms with Gasteiger partial charge >= 0.3 is 7.12 Å². The lowest BCUT2D eigenvalue weighted by Gasteiger charge is -2.42. The van der Waals surface area contributed by atoms with Crippen LogP contribution in [-0.4, -0.2) is 47.4 Å². The lowest BCUT2D eigenvalue weighted by molar-refractivity contribution is -0.131. The first-order chi connectivity index (χ1) is 14.4. The molecule has 3 atom stereocenters. The molecule has 3 N–H and O–H groups in total. The van der Waals surface area contributed by atoms with E-state index in [9.17, 15) is 24.0 Å². The molecule has 1 aromatic carbocycles. The lowest BCUT2D eigenvalue weighted by atomic mass is 9.74. The molecule has 1 heterocycles. The summed E-state index contributed by atoms with van der Waals surface area (Å²) in [5.74, 6) is -1.83. The maximum Gasteiger partial charge on any atom is 0.475 e. The van der Waals surface area contributed by atoms with Gasteiger partial charge in [-0.1, -0.05) is 34.6 Å². The first-order valence-corrected chi connectivity index (χ1v) is 11.1. The zero-order valence-electron chi connectivity index (χ0n) is 19.3. The molecule has 0 saturated carbocycles. The van der Waals surface area contributed by atoms with Gasteiger partial charge in [-0.2, -0.15) is 0 Å². The number of anilines is 1. The van der Waals surface area contributed by atoms with E-state index in [1.807, 2.05) is 39.5 Å². The molecule has 1 fully saturated rings. The lowest BCUT2D eigenvalue weighted by Crippen LogP contribution is -2.54. The number of rotatable bonds is 10. The molecule has 6 nitrogen and oxygen atoms in total. The van der Waals surface area contributed by atoms with E-state index in [0.717, 1.165) is 5.69 Å². The van der Waals surface area contributed by atoms with Gasteiger partial charge in [0.2, 0.25) is 5.91 Å². The summed E-state index contributed by atoms with van der Waals surface area (Å²) in [6, 6.07) is 5.75. The van der Waals surface area contributed by atoms with Gasteiger partial charge in [0, 0.05) is 24.6 Å². The van der Waals surface area contributed by atoms with E-state index >= 15 is 0 Å². The summed E-state index contributed by atoms with van der Waals surface area (Å²) in [5.41, 5.74) is 0.618.